The van der Waals surface area contributed by atoms with Gasteiger partial charge < -0.3 is 0 Å². The van der Waals surface area contributed by atoms with E-state index in [1.165, 1.54) is 37.7 Å². The van der Waals surface area contributed by atoms with Crippen molar-refractivity contribution in [2.24, 2.45) is 5.92 Å². The predicted molar refractivity (Wildman–Crippen MR) is 239 cm³/mol. The Morgan fingerprint density at radius 2 is 0.864 bits per heavy atom. The number of hydrogen-bond donors (Lipinski definition) is 0. The van der Waals surface area contributed by atoms with Crippen molar-refractivity contribution >= 4 is 10.8 Å². The Bertz CT molecular complexity index is 2970. The first-order chi connectivity index (χ1) is 29.2. The fourth-order valence-electron chi connectivity index (χ4n) is 9.58. The van der Waals surface area contributed by atoms with E-state index < -0.39 is 0 Å². The second-order valence-electron chi connectivity index (χ2n) is 16.2. The van der Waals surface area contributed by atoms with Crippen molar-refractivity contribution in [2.45, 2.75) is 37.5 Å². The maximum atomic E-state index is 5.37. The second-order valence-corrected chi connectivity index (χ2v) is 16.2. The van der Waals surface area contributed by atoms with Crippen molar-refractivity contribution in [1.82, 2.24) is 24.9 Å². The minimum atomic E-state index is 0.298. The van der Waals surface area contributed by atoms with Gasteiger partial charge in [-0.3, -0.25) is 0 Å². The van der Waals surface area contributed by atoms with Gasteiger partial charge in [0.25, 0.3) is 0 Å². The lowest BCUT2D eigenvalue weighted by Gasteiger charge is -2.27. The summed E-state index contributed by atoms with van der Waals surface area (Å²) in [5.41, 5.74) is 11.7. The summed E-state index contributed by atoms with van der Waals surface area (Å²) >= 11 is 0. The zero-order valence-electron chi connectivity index (χ0n) is 32.7. The lowest BCUT2D eigenvalue weighted by atomic mass is 9.77. The molecule has 0 spiro atoms. The average Bonchev–Trinajstić information content (AvgIpc) is 3.95. The third-order valence-electron chi connectivity index (χ3n) is 12.6. The van der Waals surface area contributed by atoms with Crippen LogP contribution in [0.3, 0.4) is 0 Å². The van der Waals surface area contributed by atoms with Gasteiger partial charge in [-0.15, -0.1) is 0 Å². The molecule has 2 heterocycles. The fraction of sp³-hybridized carbons (Fsp3) is 0.130. The summed E-state index contributed by atoms with van der Waals surface area (Å²) in [6.45, 7) is 0. The third kappa shape index (κ3) is 6.59. The van der Waals surface area contributed by atoms with Gasteiger partial charge in [-0.1, -0.05) is 158 Å². The molecule has 59 heavy (non-hydrogen) atoms. The molecule has 282 valence electrons. The van der Waals surface area contributed by atoms with E-state index in [1.807, 2.05) is 30.3 Å². The Balaban J connectivity index is 1.06. The molecular formula is C54H41N5. The molecule has 7 aromatic carbocycles. The van der Waals surface area contributed by atoms with Gasteiger partial charge in [-0.2, -0.15) is 0 Å². The normalized spacial score (nSPS) is 17.1. The molecule has 0 saturated heterocycles. The van der Waals surface area contributed by atoms with Crippen LogP contribution in [0.15, 0.2) is 182 Å². The highest BCUT2D eigenvalue weighted by atomic mass is 15.0. The highest BCUT2D eigenvalue weighted by Crippen LogP contribution is 2.55. The molecule has 5 heteroatoms. The summed E-state index contributed by atoms with van der Waals surface area (Å²) in [5, 5.41) is 2.11. The molecule has 0 radical (unpaired) electrons. The Labute approximate surface area is 344 Å². The molecule has 5 nitrogen and oxygen atoms in total. The van der Waals surface area contributed by atoms with Crippen molar-refractivity contribution in [3.8, 4) is 79.2 Å². The Hall–Kier alpha value is -7.11. The van der Waals surface area contributed by atoms with Crippen LogP contribution in [0.2, 0.25) is 0 Å². The van der Waals surface area contributed by atoms with E-state index in [4.69, 9.17) is 24.9 Å². The summed E-state index contributed by atoms with van der Waals surface area (Å²) in [5.74, 6) is 3.49. The van der Waals surface area contributed by atoms with Crippen LogP contribution >= 0.6 is 0 Å². The third-order valence-corrected chi connectivity index (χ3v) is 12.6. The maximum absolute atomic E-state index is 5.37. The molecule has 0 unspecified atom stereocenters. The molecule has 2 bridgehead atoms. The van der Waals surface area contributed by atoms with Gasteiger partial charge in [0.1, 0.15) is 0 Å². The number of nitrogens with zero attached hydrogens (tertiary/aromatic N) is 5. The molecule has 0 amide bonds. The van der Waals surface area contributed by atoms with Crippen molar-refractivity contribution in [3.05, 3.63) is 188 Å². The summed E-state index contributed by atoms with van der Waals surface area (Å²) < 4.78 is 0. The molecule has 2 aliphatic rings. The zero-order chi connectivity index (χ0) is 39.2. The van der Waals surface area contributed by atoms with Crippen molar-refractivity contribution < 1.29 is 0 Å². The Morgan fingerprint density at radius 3 is 1.56 bits per heavy atom. The van der Waals surface area contributed by atoms with Crippen molar-refractivity contribution in [2.75, 3.05) is 0 Å². The molecule has 0 aliphatic heterocycles. The van der Waals surface area contributed by atoms with E-state index in [2.05, 4.69) is 152 Å². The molecule has 2 fully saturated rings. The van der Waals surface area contributed by atoms with Crippen LogP contribution < -0.4 is 0 Å². The molecule has 0 atom stereocenters. The SMILES string of the molecule is c1ccc(-c2cccc(-c3nc(-c4ccccc4)nc(-c4ccc(-c5cc(-c6ccccc6)nc(-c6cccc(C78CCC(CC7)C8)c6)n5)c5ccccc45)n3)c2)cc1. The summed E-state index contributed by atoms with van der Waals surface area (Å²) in [4.78, 5) is 26.0. The van der Waals surface area contributed by atoms with Gasteiger partial charge in [-0.25, -0.2) is 24.9 Å². The van der Waals surface area contributed by atoms with Crippen LogP contribution in [0.1, 0.15) is 37.7 Å². The van der Waals surface area contributed by atoms with E-state index in [-0.39, 0.29) is 0 Å². The van der Waals surface area contributed by atoms with Gasteiger partial charge in [0.2, 0.25) is 0 Å². The topological polar surface area (TPSA) is 64.5 Å². The van der Waals surface area contributed by atoms with Crippen LogP contribution in [0, 0.1) is 5.92 Å². The molecule has 2 aromatic heterocycles. The molecule has 11 rings (SSSR count). The van der Waals surface area contributed by atoms with Crippen LogP contribution in [-0.4, -0.2) is 24.9 Å². The van der Waals surface area contributed by atoms with Crippen LogP contribution in [0.5, 0.6) is 0 Å². The lowest BCUT2D eigenvalue weighted by Crippen LogP contribution is -2.19. The Kier molecular flexibility index (Phi) is 8.73. The highest BCUT2D eigenvalue weighted by molar-refractivity contribution is 6.04. The molecule has 9 aromatic rings. The van der Waals surface area contributed by atoms with Gasteiger partial charge in [-0.05, 0) is 95.2 Å². The van der Waals surface area contributed by atoms with Crippen LogP contribution in [0.4, 0.5) is 0 Å². The molecule has 2 saturated carbocycles. The minimum absolute atomic E-state index is 0.298. The summed E-state index contributed by atoms with van der Waals surface area (Å²) in [6, 6.07) is 63.5. The predicted octanol–water partition coefficient (Wildman–Crippen LogP) is 13.3. The summed E-state index contributed by atoms with van der Waals surface area (Å²) in [7, 11) is 0. The van der Waals surface area contributed by atoms with Crippen LogP contribution in [-0.2, 0) is 5.41 Å². The van der Waals surface area contributed by atoms with Gasteiger partial charge in [0, 0.05) is 33.4 Å². The quantitative estimate of drug-likeness (QED) is 0.154. The van der Waals surface area contributed by atoms with Crippen molar-refractivity contribution in [3.63, 3.8) is 0 Å². The van der Waals surface area contributed by atoms with Gasteiger partial charge in [0.05, 0.1) is 11.4 Å². The first-order valence-electron chi connectivity index (χ1n) is 20.7. The van der Waals surface area contributed by atoms with E-state index in [0.29, 0.717) is 22.9 Å². The zero-order valence-corrected chi connectivity index (χ0v) is 32.7. The first-order valence-corrected chi connectivity index (χ1v) is 20.7. The van der Waals surface area contributed by atoms with Gasteiger partial charge >= 0.3 is 0 Å². The van der Waals surface area contributed by atoms with E-state index in [9.17, 15) is 0 Å². The van der Waals surface area contributed by atoms with E-state index in [1.54, 1.807) is 0 Å². The standard InChI is InChI=1S/C54H41N5/c1-4-14-37(15-5-1)40-20-12-21-41(32-40)52-57-50(39-18-8-3-9-19-39)58-53(59-52)47-27-26-46(44-24-10-11-25-45(44)47)49-34-48(38-16-6-2-7-17-38)55-51(56-49)42-22-13-23-43(33-42)54-30-28-36(35-54)29-31-54/h1-27,32-34,36H,28-31,35H2. The largest absolute Gasteiger partial charge is 0.228 e. The minimum Gasteiger partial charge on any atom is -0.228 e. The van der Waals surface area contributed by atoms with E-state index in [0.717, 1.165) is 78.4 Å². The number of rotatable bonds is 8. The number of hydrogen-bond acceptors (Lipinski definition) is 5. The average molecular weight is 760 g/mol. The van der Waals surface area contributed by atoms with E-state index >= 15 is 0 Å². The lowest BCUT2D eigenvalue weighted by molar-refractivity contribution is 0.419. The molecular weight excluding hydrogens is 719 g/mol. The fourth-order valence-corrected chi connectivity index (χ4v) is 9.58. The number of fused-ring (bicyclic) bond motifs is 3. The number of benzene rings is 7. The Morgan fingerprint density at radius 1 is 0.356 bits per heavy atom. The van der Waals surface area contributed by atoms with Crippen LogP contribution in [0.25, 0.3) is 90.0 Å². The summed E-state index contributed by atoms with van der Waals surface area (Å²) in [6.07, 6.45) is 6.56. The molecule has 0 N–H and O–H groups in total. The molecule has 2 aliphatic carbocycles. The first kappa shape index (κ1) is 35.1. The number of aromatic nitrogens is 5. The highest BCUT2D eigenvalue weighted by Gasteiger charge is 2.45. The smallest absolute Gasteiger partial charge is 0.164 e. The maximum Gasteiger partial charge on any atom is 0.164 e. The van der Waals surface area contributed by atoms with Gasteiger partial charge in [0.15, 0.2) is 23.3 Å². The van der Waals surface area contributed by atoms with Crippen molar-refractivity contribution in [1.29, 1.82) is 0 Å². The monoisotopic (exact) mass is 759 g/mol. The second kappa shape index (κ2) is 14.7.